The molecule has 0 radical (unpaired) electrons. The number of aromatic nitrogens is 2. The Morgan fingerprint density at radius 1 is 0.905 bits per heavy atom. The van der Waals surface area contributed by atoms with Crippen LogP contribution in [0.5, 0.6) is 0 Å². The Bertz CT molecular complexity index is 1460. The average molecular weight is 582 g/mol. The molecule has 2 heterocycles. The highest BCUT2D eigenvalue weighted by Gasteiger charge is 2.17. The molecule has 0 atom stereocenters. The number of aldehydes is 1. The maximum absolute atomic E-state index is 13.3. The van der Waals surface area contributed by atoms with E-state index in [9.17, 15) is 9.59 Å². The van der Waals surface area contributed by atoms with Gasteiger partial charge in [-0.05, 0) is 55.2 Å². The van der Waals surface area contributed by atoms with Gasteiger partial charge >= 0.3 is 0 Å². The number of carbonyl (C=O) groups excluding carboxylic acids is 3. The summed E-state index contributed by atoms with van der Waals surface area (Å²) in [7, 11) is 0. The van der Waals surface area contributed by atoms with Crippen LogP contribution in [0, 0.1) is 0 Å². The van der Waals surface area contributed by atoms with Gasteiger partial charge in [0.2, 0.25) is 6.41 Å². The van der Waals surface area contributed by atoms with Crippen molar-refractivity contribution in [2.45, 2.75) is 31.4 Å². The summed E-state index contributed by atoms with van der Waals surface area (Å²) in [6, 6.07) is 23.8. The second-order valence-corrected chi connectivity index (χ2v) is 10.8. The first-order valence-electron chi connectivity index (χ1n) is 14.0. The van der Waals surface area contributed by atoms with Crippen LogP contribution in [0.1, 0.15) is 41.6 Å². The molecule has 4 aromatic rings. The quantitative estimate of drug-likeness (QED) is 0.175. The van der Waals surface area contributed by atoms with Gasteiger partial charge < -0.3 is 20.7 Å². The van der Waals surface area contributed by atoms with Gasteiger partial charge in [-0.1, -0.05) is 42.5 Å². The van der Waals surface area contributed by atoms with Crippen molar-refractivity contribution in [1.82, 2.24) is 9.97 Å². The largest absolute Gasteiger partial charge is 0.372 e. The van der Waals surface area contributed by atoms with Crippen molar-refractivity contribution in [3.8, 4) is 22.5 Å². The number of hydrogen-bond acceptors (Lipinski definition) is 7. The highest BCUT2D eigenvalue weighted by atomic mass is 32.2. The molecule has 0 spiro atoms. The van der Waals surface area contributed by atoms with E-state index < -0.39 is 0 Å². The van der Waals surface area contributed by atoms with E-state index in [2.05, 4.69) is 38.1 Å². The molecule has 1 aliphatic rings. The van der Waals surface area contributed by atoms with Crippen molar-refractivity contribution in [3.05, 3.63) is 96.3 Å². The predicted molar refractivity (Wildman–Crippen MR) is 170 cm³/mol. The lowest BCUT2D eigenvalue weighted by molar-refractivity contribution is -0.108. The highest BCUT2D eigenvalue weighted by molar-refractivity contribution is 7.98. The van der Waals surface area contributed by atoms with Gasteiger partial charge in [-0.3, -0.25) is 9.59 Å². The fourth-order valence-electron chi connectivity index (χ4n) is 4.75. The lowest BCUT2D eigenvalue weighted by Crippen LogP contribution is -2.29. The number of hydrogen-bond donors (Lipinski definition) is 2. The van der Waals surface area contributed by atoms with E-state index in [1.54, 1.807) is 11.8 Å². The molecular weight excluding hydrogens is 546 g/mol. The third kappa shape index (κ3) is 8.50. The third-order valence-corrected chi connectivity index (χ3v) is 7.87. The topological polar surface area (TPSA) is 118 Å². The normalized spacial score (nSPS) is 12.5. The van der Waals surface area contributed by atoms with Crippen LogP contribution in [0.2, 0.25) is 0 Å². The molecule has 216 valence electrons. The minimum absolute atomic E-state index is 0.163. The van der Waals surface area contributed by atoms with Crippen molar-refractivity contribution >= 4 is 41.7 Å². The molecule has 0 saturated carbocycles. The van der Waals surface area contributed by atoms with Crippen LogP contribution >= 0.6 is 11.8 Å². The number of benzene rings is 3. The number of rotatable bonds is 10. The number of primary amides is 1. The minimum atomic E-state index is -0.163. The van der Waals surface area contributed by atoms with Gasteiger partial charge in [0.1, 0.15) is 6.29 Å². The number of amides is 2. The second kappa shape index (κ2) is 16.1. The molecular formula is C33H35N5O3S. The van der Waals surface area contributed by atoms with Crippen molar-refractivity contribution in [2.75, 3.05) is 29.1 Å². The Labute approximate surface area is 250 Å². The molecule has 5 rings (SSSR count). The summed E-state index contributed by atoms with van der Waals surface area (Å²) < 4.78 is 0. The molecule has 9 heteroatoms. The van der Waals surface area contributed by atoms with Gasteiger partial charge in [-0.25, -0.2) is 9.97 Å². The zero-order valence-corrected chi connectivity index (χ0v) is 24.3. The van der Waals surface area contributed by atoms with E-state index in [0.717, 1.165) is 64.5 Å². The zero-order chi connectivity index (χ0) is 29.6. The van der Waals surface area contributed by atoms with E-state index >= 15 is 0 Å². The molecule has 3 aromatic carbocycles. The monoisotopic (exact) mass is 581 g/mol. The Kier molecular flexibility index (Phi) is 11.7. The number of carbonyl (C=O) groups is 3. The van der Waals surface area contributed by atoms with Gasteiger partial charge in [0.25, 0.3) is 5.91 Å². The number of piperidine rings is 1. The van der Waals surface area contributed by atoms with Crippen LogP contribution in [0.4, 0.5) is 11.4 Å². The van der Waals surface area contributed by atoms with Crippen LogP contribution in [0.3, 0.4) is 0 Å². The van der Waals surface area contributed by atoms with Crippen LogP contribution < -0.4 is 16.0 Å². The Morgan fingerprint density at radius 3 is 2.36 bits per heavy atom. The molecule has 0 aliphatic carbocycles. The van der Waals surface area contributed by atoms with Gasteiger partial charge in [0, 0.05) is 77.0 Å². The van der Waals surface area contributed by atoms with Crippen LogP contribution in [-0.2, 0) is 15.3 Å². The van der Waals surface area contributed by atoms with Crippen molar-refractivity contribution in [2.24, 2.45) is 5.73 Å². The number of nitrogens with two attached hydrogens (primary N) is 1. The Morgan fingerprint density at radius 2 is 1.64 bits per heavy atom. The van der Waals surface area contributed by atoms with Crippen LogP contribution in [0.25, 0.3) is 22.5 Å². The SMILES string of the molecule is NC=O.O=CCCSCc1cccc(C(=O)Nc2ccc(N3CCCCC3)cc2-c2cnc(-c3ccccc3)nc2)c1. The van der Waals surface area contributed by atoms with Crippen LogP contribution in [-0.4, -0.2) is 47.4 Å². The molecule has 3 N–H and O–H groups in total. The Balaban J connectivity index is 0.00000129. The van der Waals surface area contributed by atoms with E-state index in [1.807, 2.05) is 73.1 Å². The van der Waals surface area contributed by atoms with Gasteiger partial charge in [0.15, 0.2) is 5.82 Å². The summed E-state index contributed by atoms with van der Waals surface area (Å²) >= 11 is 1.69. The molecule has 42 heavy (non-hydrogen) atoms. The first kappa shape index (κ1) is 30.5. The molecule has 2 amide bonds. The molecule has 1 fully saturated rings. The van der Waals surface area contributed by atoms with E-state index in [-0.39, 0.29) is 12.3 Å². The second-order valence-electron chi connectivity index (χ2n) is 9.74. The minimum Gasteiger partial charge on any atom is -0.372 e. The summed E-state index contributed by atoms with van der Waals surface area (Å²) in [5, 5.41) is 3.14. The number of anilines is 2. The van der Waals surface area contributed by atoms with Gasteiger partial charge in [-0.2, -0.15) is 11.8 Å². The maximum Gasteiger partial charge on any atom is 0.255 e. The summed E-state index contributed by atoms with van der Waals surface area (Å²) in [5.74, 6) is 2.04. The lowest BCUT2D eigenvalue weighted by atomic mass is 10.0. The smallest absolute Gasteiger partial charge is 0.255 e. The third-order valence-electron chi connectivity index (χ3n) is 6.81. The van der Waals surface area contributed by atoms with Gasteiger partial charge in [0.05, 0.1) is 0 Å². The first-order valence-corrected chi connectivity index (χ1v) is 15.1. The van der Waals surface area contributed by atoms with Crippen molar-refractivity contribution in [1.29, 1.82) is 0 Å². The Hall–Kier alpha value is -4.50. The molecule has 1 aromatic heterocycles. The molecule has 1 saturated heterocycles. The molecule has 0 unspecified atom stereocenters. The summed E-state index contributed by atoms with van der Waals surface area (Å²) in [4.78, 5) is 44.2. The molecule has 8 nitrogen and oxygen atoms in total. The summed E-state index contributed by atoms with van der Waals surface area (Å²) in [6.45, 7) is 2.07. The lowest BCUT2D eigenvalue weighted by Gasteiger charge is -2.29. The maximum atomic E-state index is 13.3. The molecule has 1 aliphatic heterocycles. The zero-order valence-electron chi connectivity index (χ0n) is 23.4. The fraction of sp³-hybridized carbons (Fsp3) is 0.242. The standard InChI is InChI=1S/C32H32N4O2S.CH3NO/c37-17-8-18-39-23-24-9-7-12-26(19-24)32(38)35-30-14-13-28(36-15-5-2-6-16-36)20-29(30)27-21-33-31(34-22-27)25-10-3-1-4-11-25;2-1-3/h1,3-4,7,9-14,17,19-22H,2,5-6,8,15-16,18,23H2,(H,35,38);1H,(H2,2,3). The van der Waals surface area contributed by atoms with E-state index in [4.69, 9.17) is 4.79 Å². The average Bonchev–Trinajstić information content (AvgIpc) is 3.05. The van der Waals surface area contributed by atoms with E-state index in [0.29, 0.717) is 17.8 Å². The van der Waals surface area contributed by atoms with Gasteiger partial charge in [-0.15, -0.1) is 0 Å². The highest BCUT2D eigenvalue weighted by Crippen LogP contribution is 2.33. The summed E-state index contributed by atoms with van der Waals surface area (Å²) in [5.41, 5.74) is 10.4. The number of nitrogens with one attached hydrogen (secondary N) is 1. The number of thioether (sulfide) groups is 1. The van der Waals surface area contributed by atoms with Crippen molar-refractivity contribution in [3.63, 3.8) is 0 Å². The number of nitrogens with zero attached hydrogens (tertiary/aromatic N) is 3. The predicted octanol–water partition coefficient (Wildman–Crippen LogP) is 5.98. The van der Waals surface area contributed by atoms with E-state index in [1.165, 1.54) is 19.3 Å². The first-order chi connectivity index (χ1) is 20.6. The summed E-state index contributed by atoms with van der Waals surface area (Å²) in [6.07, 6.45) is 9.03. The van der Waals surface area contributed by atoms with Crippen molar-refractivity contribution < 1.29 is 14.4 Å². The fourth-order valence-corrected chi connectivity index (χ4v) is 5.57. The molecule has 0 bridgehead atoms. The van der Waals surface area contributed by atoms with Crippen LogP contribution in [0.15, 0.2) is 85.2 Å².